The first kappa shape index (κ1) is 19.7. The Kier molecular flexibility index (Phi) is 4.49. The predicted molar refractivity (Wildman–Crippen MR) is 117 cm³/mol. The number of imidazole rings is 1. The lowest BCUT2D eigenvalue weighted by Crippen LogP contribution is -2.37. The number of rotatable bonds is 3. The van der Waals surface area contributed by atoms with Gasteiger partial charge in [-0.3, -0.25) is 4.79 Å². The molecule has 3 atom stereocenters. The molecule has 2 fully saturated rings. The van der Waals surface area contributed by atoms with Crippen LogP contribution in [0.2, 0.25) is 0 Å². The highest BCUT2D eigenvalue weighted by atomic mass is 16.5. The Morgan fingerprint density at radius 3 is 2.87 bits per heavy atom. The van der Waals surface area contributed by atoms with E-state index in [1.807, 2.05) is 12.3 Å². The maximum Gasteiger partial charge on any atom is 0.274 e. The van der Waals surface area contributed by atoms with Crippen molar-refractivity contribution >= 4 is 5.91 Å². The normalized spacial score (nSPS) is 29.5. The lowest BCUT2D eigenvalue weighted by Gasteiger charge is -2.39. The molecular weight excluding hydrogens is 374 g/mol. The predicted octanol–water partition coefficient (Wildman–Crippen LogP) is 4.66. The Morgan fingerprint density at radius 2 is 2.07 bits per heavy atom. The summed E-state index contributed by atoms with van der Waals surface area (Å²) in [5.41, 5.74) is 2.48. The Morgan fingerprint density at radius 1 is 1.23 bits per heavy atom. The van der Waals surface area contributed by atoms with E-state index < -0.39 is 0 Å². The average molecular weight is 408 g/mol. The van der Waals surface area contributed by atoms with Crippen molar-refractivity contribution in [1.29, 1.82) is 0 Å². The molecule has 2 aromatic rings. The minimum Gasteiger partial charge on any atom is -0.497 e. The summed E-state index contributed by atoms with van der Waals surface area (Å²) in [6, 6.07) is 8.70. The number of benzene rings is 1. The number of methoxy groups -OCH3 is 1. The Labute approximate surface area is 179 Å². The van der Waals surface area contributed by atoms with Crippen molar-refractivity contribution in [2.45, 2.75) is 71.4 Å². The van der Waals surface area contributed by atoms with Crippen LogP contribution in [0.4, 0.5) is 0 Å². The number of carbonyl (C=O) groups excluding carboxylic acids is 1. The third-order valence-electron chi connectivity index (χ3n) is 7.45. The standard InChI is InChI=1S/C25H33N3O2/c1-24(2)11-19-12-25(3,15-24)16-28(19)23(29)21-14-27-13-18(8-9-22(27)26-21)17-6-5-7-20(10-17)30-4/h5-7,10,14,18-19H,8-9,11-13,15-16H2,1-4H3/t18-,19-,25+/m1/s1. The quantitative estimate of drug-likeness (QED) is 0.743. The van der Waals surface area contributed by atoms with E-state index in [-0.39, 0.29) is 11.3 Å². The van der Waals surface area contributed by atoms with Gasteiger partial charge >= 0.3 is 0 Å². The summed E-state index contributed by atoms with van der Waals surface area (Å²) in [5.74, 6) is 2.50. The summed E-state index contributed by atoms with van der Waals surface area (Å²) in [6.45, 7) is 8.79. The molecule has 160 valence electrons. The van der Waals surface area contributed by atoms with Crippen LogP contribution in [0.1, 0.15) is 74.2 Å². The van der Waals surface area contributed by atoms with Crippen LogP contribution >= 0.6 is 0 Å². The van der Waals surface area contributed by atoms with Crippen LogP contribution in [0.5, 0.6) is 5.75 Å². The fourth-order valence-electron chi connectivity index (χ4n) is 6.56. The molecule has 1 aromatic heterocycles. The monoisotopic (exact) mass is 407 g/mol. The van der Waals surface area contributed by atoms with Gasteiger partial charge in [-0.05, 0) is 54.2 Å². The van der Waals surface area contributed by atoms with Crippen molar-refractivity contribution in [1.82, 2.24) is 14.5 Å². The molecule has 1 aliphatic carbocycles. The van der Waals surface area contributed by atoms with Gasteiger partial charge in [0.1, 0.15) is 17.3 Å². The molecule has 1 aromatic carbocycles. The van der Waals surface area contributed by atoms with E-state index in [4.69, 9.17) is 9.72 Å². The Balaban J connectivity index is 1.35. The summed E-state index contributed by atoms with van der Waals surface area (Å²) >= 11 is 0. The van der Waals surface area contributed by atoms with Gasteiger partial charge in [-0.25, -0.2) is 4.98 Å². The molecule has 1 saturated heterocycles. The third kappa shape index (κ3) is 3.42. The van der Waals surface area contributed by atoms with Gasteiger partial charge < -0.3 is 14.2 Å². The second kappa shape index (κ2) is 6.86. The van der Waals surface area contributed by atoms with Crippen molar-refractivity contribution < 1.29 is 9.53 Å². The number of ether oxygens (including phenoxy) is 1. The van der Waals surface area contributed by atoms with Gasteiger partial charge in [0.25, 0.3) is 5.91 Å². The molecule has 0 spiro atoms. The number of fused-ring (bicyclic) bond motifs is 3. The van der Waals surface area contributed by atoms with E-state index in [0.29, 0.717) is 23.1 Å². The molecule has 3 aliphatic rings. The number of aromatic nitrogens is 2. The van der Waals surface area contributed by atoms with Crippen LogP contribution in [-0.4, -0.2) is 40.1 Å². The summed E-state index contributed by atoms with van der Waals surface area (Å²) in [4.78, 5) is 20.3. The van der Waals surface area contributed by atoms with E-state index in [0.717, 1.165) is 50.3 Å². The molecule has 30 heavy (non-hydrogen) atoms. The lowest BCUT2D eigenvalue weighted by atomic mass is 9.65. The molecule has 5 rings (SSSR count). The number of carbonyl (C=O) groups is 1. The van der Waals surface area contributed by atoms with Gasteiger partial charge in [-0.15, -0.1) is 0 Å². The van der Waals surface area contributed by atoms with Gasteiger partial charge in [0.2, 0.25) is 0 Å². The first-order chi connectivity index (χ1) is 14.3. The second-order valence-electron chi connectivity index (χ2n) is 10.9. The molecule has 0 N–H and O–H groups in total. The van der Waals surface area contributed by atoms with Crippen molar-refractivity contribution in [3.05, 3.63) is 47.5 Å². The van der Waals surface area contributed by atoms with E-state index in [1.54, 1.807) is 7.11 Å². The number of aryl methyl sites for hydroxylation is 1. The van der Waals surface area contributed by atoms with Gasteiger partial charge in [0.15, 0.2) is 0 Å². The summed E-state index contributed by atoms with van der Waals surface area (Å²) in [5, 5.41) is 0. The van der Waals surface area contributed by atoms with Gasteiger partial charge in [-0.1, -0.05) is 32.9 Å². The Hall–Kier alpha value is -2.30. The second-order valence-corrected chi connectivity index (χ2v) is 10.9. The van der Waals surface area contributed by atoms with Crippen LogP contribution in [0.25, 0.3) is 0 Å². The van der Waals surface area contributed by atoms with Gasteiger partial charge in [-0.2, -0.15) is 0 Å². The number of hydrogen-bond acceptors (Lipinski definition) is 3. The number of nitrogens with zero attached hydrogens (tertiary/aromatic N) is 3. The zero-order chi connectivity index (χ0) is 21.1. The smallest absolute Gasteiger partial charge is 0.274 e. The highest BCUT2D eigenvalue weighted by Crippen LogP contribution is 2.52. The summed E-state index contributed by atoms with van der Waals surface area (Å²) in [6.07, 6.45) is 7.38. The molecule has 0 unspecified atom stereocenters. The minimum atomic E-state index is 0.126. The maximum atomic E-state index is 13.4. The van der Waals surface area contributed by atoms with Crippen molar-refractivity contribution in [3.63, 3.8) is 0 Å². The largest absolute Gasteiger partial charge is 0.497 e. The van der Waals surface area contributed by atoms with Crippen LogP contribution < -0.4 is 4.74 Å². The van der Waals surface area contributed by atoms with Crippen LogP contribution in [0.3, 0.4) is 0 Å². The van der Waals surface area contributed by atoms with E-state index in [9.17, 15) is 4.79 Å². The zero-order valence-electron chi connectivity index (χ0n) is 18.6. The average Bonchev–Trinajstić information content (AvgIpc) is 3.24. The van der Waals surface area contributed by atoms with E-state index >= 15 is 0 Å². The molecule has 3 heterocycles. The SMILES string of the molecule is COc1cccc([C@@H]2CCc3nc(C(=O)N4C[C@@]5(C)C[C@H]4CC(C)(C)C5)cn3C2)c1. The van der Waals surface area contributed by atoms with Gasteiger partial charge in [0, 0.05) is 37.7 Å². The number of likely N-dealkylation sites (tertiary alicyclic amines) is 1. The van der Waals surface area contributed by atoms with E-state index in [2.05, 4.69) is 48.4 Å². The van der Waals surface area contributed by atoms with Crippen molar-refractivity contribution in [2.75, 3.05) is 13.7 Å². The first-order valence-corrected chi connectivity index (χ1v) is 11.3. The zero-order valence-corrected chi connectivity index (χ0v) is 18.6. The topological polar surface area (TPSA) is 47.4 Å². The number of amides is 1. The highest BCUT2D eigenvalue weighted by molar-refractivity contribution is 5.92. The number of hydrogen-bond donors (Lipinski definition) is 0. The molecule has 2 aliphatic heterocycles. The molecule has 2 bridgehead atoms. The fourth-order valence-corrected chi connectivity index (χ4v) is 6.56. The molecule has 1 amide bonds. The van der Waals surface area contributed by atoms with Crippen LogP contribution in [0.15, 0.2) is 30.5 Å². The van der Waals surface area contributed by atoms with Gasteiger partial charge in [0.05, 0.1) is 7.11 Å². The molecule has 1 saturated carbocycles. The Bertz CT molecular complexity index is 979. The first-order valence-electron chi connectivity index (χ1n) is 11.3. The summed E-state index contributed by atoms with van der Waals surface area (Å²) < 4.78 is 7.60. The van der Waals surface area contributed by atoms with E-state index in [1.165, 1.54) is 12.0 Å². The van der Waals surface area contributed by atoms with Crippen molar-refractivity contribution in [3.8, 4) is 5.75 Å². The molecule has 0 radical (unpaired) electrons. The third-order valence-corrected chi connectivity index (χ3v) is 7.45. The van der Waals surface area contributed by atoms with Crippen LogP contribution in [-0.2, 0) is 13.0 Å². The minimum absolute atomic E-state index is 0.126. The van der Waals surface area contributed by atoms with Crippen molar-refractivity contribution in [2.24, 2.45) is 10.8 Å². The maximum absolute atomic E-state index is 13.4. The lowest BCUT2D eigenvalue weighted by molar-refractivity contribution is 0.0702. The highest BCUT2D eigenvalue weighted by Gasteiger charge is 2.51. The molecule has 5 heteroatoms. The van der Waals surface area contributed by atoms with Crippen LogP contribution in [0, 0.1) is 10.8 Å². The molecule has 5 nitrogen and oxygen atoms in total. The summed E-state index contributed by atoms with van der Waals surface area (Å²) in [7, 11) is 1.71. The fraction of sp³-hybridized carbons (Fsp3) is 0.600. The molecular formula is C25H33N3O2.